The van der Waals surface area contributed by atoms with Gasteiger partial charge >= 0.3 is 0 Å². The minimum absolute atomic E-state index is 0.266. The van der Waals surface area contributed by atoms with Crippen LogP contribution in [0.1, 0.15) is 38.5 Å². The van der Waals surface area contributed by atoms with Crippen LogP contribution in [0.4, 0.5) is 0 Å². The van der Waals surface area contributed by atoms with Crippen LogP contribution in [0.25, 0.3) is 0 Å². The Bertz CT molecular complexity index is 220. The van der Waals surface area contributed by atoms with Gasteiger partial charge in [-0.3, -0.25) is 4.79 Å². The number of likely N-dealkylation sites (N-methyl/N-ethyl adjacent to an activating group) is 1. The maximum atomic E-state index is 11.8. The van der Waals surface area contributed by atoms with Gasteiger partial charge in [-0.25, -0.2) is 0 Å². The molecule has 2 aliphatic carbocycles. The molecule has 1 amide bonds. The highest BCUT2D eigenvalue weighted by molar-refractivity contribution is 5.78. The smallest absolute Gasteiger partial charge is 0.236 e. The van der Waals surface area contributed by atoms with Gasteiger partial charge in [-0.2, -0.15) is 0 Å². The van der Waals surface area contributed by atoms with Crippen molar-refractivity contribution in [1.82, 2.24) is 10.2 Å². The van der Waals surface area contributed by atoms with Crippen molar-refractivity contribution in [2.75, 3.05) is 20.1 Å². The predicted molar refractivity (Wildman–Crippen MR) is 60.6 cm³/mol. The summed E-state index contributed by atoms with van der Waals surface area (Å²) in [5, 5.41) is 3.26. The molecule has 0 bridgehead atoms. The lowest BCUT2D eigenvalue weighted by atomic mass is 10.2. The second kappa shape index (κ2) is 4.97. The Morgan fingerprint density at radius 2 is 1.93 bits per heavy atom. The molecule has 0 aromatic rings. The van der Waals surface area contributed by atoms with E-state index in [1.54, 1.807) is 0 Å². The van der Waals surface area contributed by atoms with Crippen molar-refractivity contribution < 1.29 is 4.79 Å². The molecule has 0 aromatic heterocycles. The molecule has 0 spiro atoms. The maximum absolute atomic E-state index is 11.8. The molecule has 0 unspecified atom stereocenters. The first kappa shape index (κ1) is 10.9. The van der Waals surface area contributed by atoms with Crippen LogP contribution >= 0.6 is 0 Å². The second-order valence-corrected chi connectivity index (χ2v) is 5.02. The normalized spacial score (nSPS) is 21.9. The summed E-state index contributed by atoms with van der Waals surface area (Å²) < 4.78 is 0. The van der Waals surface area contributed by atoms with E-state index in [4.69, 9.17) is 0 Å². The number of nitrogens with one attached hydrogen (secondary N) is 1. The highest BCUT2D eigenvalue weighted by Gasteiger charge is 2.24. The molecule has 3 nitrogen and oxygen atoms in total. The number of hydrogen-bond acceptors (Lipinski definition) is 2. The quantitative estimate of drug-likeness (QED) is 0.743. The van der Waals surface area contributed by atoms with Gasteiger partial charge < -0.3 is 10.2 Å². The van der Waals surface area contributed by atoms with Crippen molar-refractivity contribution in [3.8, 4) is 0 Å². The lowest BCUT2D eigenvalue weighted by molar-refractivity contribution is -0.130. The maximum Gasteiger partial charge on any atom is 0.236 e. The molecule has 2 fully saturated rings. The standard InChI is InChI=1S/C12H22N2O/c1-14(11-4-2-3-5-11)12(15)9-13-8-10-6-7-10/h10-11,13H,2-9H2,1H3. The monoisotopic (exact) mass is 210 g/mol. The van der Waals surface area contributed by atoms with E-state index in [1.165, 1.54) is 38.5 Å². The zero-order valence-electron chi connectivity index (χ0n) is 9.67. The van der Waals surface area contributed by atoms with Crippen LogP contribution in [0.3, 0.4) is 0 Å². The van der Waals surface area contributed by atoms with E-state index in [2.05, 4.69) is 5.32 Å². The van der Waals surface area contributed by atoms with E-state index < -0.39 is 0 Å². The first-order chi connectivity index (χ1) is 7.27. The first-order valence-electron chi connectivity index (χ1n) is 6.24. The Morgan fingerprint density at radius 3 is 2.53 bits per heavy atom. The fourth-order valence-corrected chi connectivity index (χ4v) is 2.33. The minimum atomic E-state index is 0.266. The Hall–Kier alpha value is -0.570. The second-order valence-electron chi connectivity index (χ2n) is 5.02. The minimum Gasteiger partial charge on any atom is -0.342 e. The average molecular weight is 210 g/mol. The third kappa shape index (κ3) is 3.20. The Morgan fingerprint density at radius 1 is 1.27 bits per heavy atom. The van der Waals surface area contributed by atoms with E-state index in [1.807, 2.05) is 11.9 Å². The third-order valence-corrected chi connectivity index (χ3v) is 3.67. The van der Waals surface area contributed by atoms with Crippen molar-refractivity contribution in [1.29, 1.82) is 0 Å². The van der Waals surface area contributed by atoms with E-state index >= 15 is 0 Å². The van der Waals surface area contributed by atoms with Gasteiger partial charge in [0.2, 0.25) is 5.91 Å². The third-order valence-electron chi connectivity index (χ3n) is 3.67. The molecule has 0 radical (unpaired) electrons. The Kier molecular flexibility index (Phi) is 3.62. The molecule has 3 heteroatoms. The average Bonchev–Trinajstić information content (AvgIpc) is 2.90. The summed E-state index contributed by atoms with van der Waals surface area (Å²) in [6, 6.07) is 0.514. The van der Waals surface area contributed by atoms with Gasteiger partial charge in [-0.05, 0) is 38.1 Å². The SMILES string of the molecule is CN(C(=O)CNCC1CC1)C1CCCC1. The van der Waals surface area contributed by atoms with Gasteiger partial charge in [0.15, 0.2) is 0 Å². The van der Waals surface area contributed by atoms with Crippen LogP contribution in [-0.2, 0) is 4.79 Å². The molecule has 15 heavy (non-hydrogen) atoms. The number of hydrogen-bond donors (Lipinski definition) is 1. The number of nitrogens with zero attached hydrogens (tertiary/aromatic N) is 1. The fourth-order valence-electron chi connectivity index (χ4n) is 2.33. The van der Waals surface area contributed by atoms with Crippen molar-refractivity contribution in [2.24, 2.45) is 5.92 Å². The topological polar surface area (TPSA) is 32.3 Å². The summed E-state index contributed by atoms with van der Waals surface area (Å²) in [6.45, 7) is 1.56. The molecule has 0 aliphatic heterocycles. The van der Waals surface area contributed by atoms with E-state index in [-0.39, 0.29) is 5.91 Å². The summed E-state index contributed by atoms with van der Waals surface area (Å²) in [4.78, 5) is 13.7. The van der Waals surface area contributed by atoms with Crippen LogP contribution in [0.5, 0.6) is 0 Å². The van der Waals surface area contributed by atoms with E-state index in [0.717, 1.165) is 12.5 Å². The van der Waals surface area contributed by atoms with Gasteiger partial charge in [0.1, 0.15) is 0 Å². The first-order valence-corrected chi connectivity index (χ1v) is 6.24. The van der Waals surface area contributed by atoms with Crippen LogP contribution in [0.15, 0.2) is 0 Å². The van der Waals surface area contributed by atoms with E-state index in [9.17, 15) is 4.79 Å². The van der Waals surface area contributed by atoms with Gasteiger partial charge in [0, 0.05) is 13.1 Å². The van der Waals surface area contributed by atoms with Gasteiger partial charge in [0.25, 0.3) is 0 Å². The molecule has 0 atom stereocenters. The summed E-state index contributed by atoms with van der Waals surface area (Å²) in [5.74, 6) is 1.12. The summed E-state index contributed by atoms with van der Waals surface area (Å²) in [5.41, 5.74) is 0. The summed E-state index contributed by atoms with van der Waals surface area (Å²) >= 11 is 0. The van der Waals surface area contributed by atoms with Gasteiger partial charge in [0.05, 0.1) is 6.54 Å². The molecule has 0 saturated heterocycles. The molecule has 0 heterocycles. The van der Waals surface area contributed by atoms with Gasteiger partial charge in [-0.1, -0.05) is 12.8 Å². The molecule has 2 aliphatic rings. The molecule has 1 N–H and O–H groups in total. The van der Waals surface area contributed by atoms with Crippen molar-refractivity contribution in [3.05, 3.63) is 0 Å². The van der Waals surface area contributed by atoms with Crippen molar-refractivity contribution in [2.45, 2.75) is 44.6 Å². The highest BCUT2D eigenvalue weighted by atomic mass is 16.2. The zero-order chi connectivity index (χ0) is 10.7. The van der Waals surface area contributed by atoms with Gasteiger partial charge in [-0.15, -0.1) is 0 Å². The largest absolute Gasteiger partial charge is 0.342 e. The molecule has 0 aromatic carbocycles. The van der Waals surface area contributed by atoms with Crippen molar-refractivity contribution in [3.63, 3.8) is 0 Å². The number of carbonyl (C=O) groups excluding carboxylic acids is 1. The van der Waals surface area contributed by atoms with E-state index in [0.29, 0.717) is 12.6 Å². The van der Waals surface area contributed by atoms with Crippen LogP contribution in [0, 0.1) is 5.92 Å². The number of amides is 1. The fraction of sp³-hybridized carbons (Fsp3) is 0.917. The predicted octanol–water partition coefficient (Wildman–Crippen LogP) is 1.39. The number of rotatable bonds is 5. The molecule has 2 rings (SSSR count). The summed E-state index contributed by atoms with van der Waals surface area (Å²) in [7, 11) is 1.96. The Labute approximate surface area is 92.2 Å². The molecule has 86 valence electrons. The molecular formula is C12H22N2O. The molecule has 2 saturated carbocycles. The lowest BCUT2D eigenvalue weighted by Crippen LogP contribution is -2.41. The Balaban J connectivity index is 1.64. The van der Waals surface area contributed by atoms with Crippen LogP contribution < -0.4 is 5.32 Å². The molecular weight excluding hydrogens is 188 g/mol. The number of carbonyl (C=O) groups is 1. The van der Waals surface area contributed by atoms with Crippen molar-refractivity contribution >= 4 is 5.91 Å². The highest BCUT2D eigenvalue weighted by Crippen LogP contribution is 2.27. The van der Waals surface area contributed by atoms with Crippen LogP contribution in [0.2, 0.25) is 0 Å². The summed E-state index contributed by atoms with van der Waals surface area (Å²) in [6.07, 6.45) is 7.67. The zero-order valence-corrected chi connectivity index (χ0v) is 9.67. The van der Waals surface area contributed by atoms with Crippen LogP contribution in [-0.4, -0.2) is 37.0 Å². The lowest BCUT2D eigenvalue weighted by Gasteiger charge is -2.24.